The molecule has 3 amide bonds. The molecule has 3 unspecified atom stereocenters. The lowest BCUT2D eigenvalue weighted by Crippen LogP contribution is -2.57. The van der Waals surface area contributed by atoms with Gasteiger partial charge < -0.3 is 21.1 Å². The summed E-state index contributed by atoms with van der Waals surface area (Å²) in [5.74, 6) is -2.00. The van der Waals surface area contributed by atoms with Gasteiger partial charge in [0.05, 0.1) is 11.4 Å². The van der Waals surface area contributed by atoms with E-state index in [2.05, 4.69) is 21.3 Å². The first kappa shape index (κ1) is 27.5. The Morgan fingerprint density at radius 3 is 2.25 bits per heavy atom. The zero-order valence-electron chi connectivity index (χ0n) is 19.9. The molecule has 2 aromatic carbocycles. The van der Waals surface area contributed by atoms with Gasteiger partial charge in [0.15, 0.2) is 4.71 Å². The van der Waals surface area contributed by atoms with Crippen molar-refractivity contribution in [2.24, 2.45) is 0 Å². The molecule has 3 atom stereocenters. The van der Waals surface area contributed by atoms with Crippen LogP contribution in [-0.2, 0) is 25.8 Å². The number of sulfone groups is 1. The van der Waals surface area contributed by atoms with Crippen LogP contribution in [0.4, 0.5) is 4.79 Å². The third-order valence-corrected chi connectivity index (χ3v) is 9.52. The summed E-state index contributed by atoms with van der Waals surface area (Å²) in [6, 6.07) is 14.5. The van der Waals surface area contributed by atoms with Gasteiger partial charge in [0, 0.05) is 11.3 Å². The number of hydrogen-bond donors (Lipinski definition) is 5. The second kappa shape index (κ2) is 11.8. The molecule has 1 heterocycles. The summed E-state index contributed by atoms with van der Waals surface area (Å²) >= 11 is 1.08. The molecule has 2 aromatic rings. The molecule has 1 fully saturated rings. The van der Waals surface area contributed by atoms with Gasteiger partial charge in [0.1, 0.15) is 12.1 Å². The van der Waals surface area contributed by atoms with Crippen LogP contribution in [0.25, 0.3) is 0 Å². The molecule has 0 aromatic heterocycles. The summed E-state index contributed by atoms with van der Waals surface area (Å²) in [6.07, 6.45) is 0.612. The monoisotopic (exact) mass is 534 g/mol. The second-order valence-corrected chi connectivity index (χ2v) is 12.9. The maximum atomic E-state index is 13.0. The molecule has 36 heavy (non-hydrogen) atoms. The number of aliphatic carboxylic acids is 1. The maximum absolute atomic E-state index is 13.0. The standard InChI is InChI=1S/C24H30N4O6S2/c1-24(2)19(28-23(35-24)36(33,34)17-11-7-4-8-12-17)20(29)27-18(21(30)31)15-26-22(32)25-14-13-16-9-5-3-6-10-16/h3-12,18-19,23,28H,13-15H2,1-2H3,(H,27,29)(H,30,31)(H2,25,26,32). The average molecular weight is 535 g/mol. The van der Waals surface area contributed by atoms with Gasteiger partial charge in [-0.3, -0.25) is 10.1 Å². The highest BCUT2D eigenvalue weighted by molar-refractivity contribution is 8.14. The summed E-state index contributed by atoms with van der Waals surface area (Å²) in [5, 5.41) is 19.9. The fourth-order valence-electron chi connectivity index (χ4n) is 3.67. The van der Waals surface area contributed by atoms with E-state index in [4.69, 9.17) is 0 Å². The molecule has 0 bridgehead atoms. The topological polar surface area (TPSA) is 154 Å². The van der Waals surface area contributed by atoms with Crippen molar-refractivity contribution in [3.05, 3.63) is 66.2 Å². The van der Waals surface area contributed by atoms with Crippen molar-refractivity contribution < 1.29 is 27.9 Å². The fourth-order valence-corrected chi connectivity index (χ4v) is 7.42. The number of carbonyl (C=O) groups excluding carboxylic acids is 2. The van der Waals surface area contributed by atoms with Gasteiger partial charge in [-0.05, 0) is 38.0 Å². The fraction of sp³-hybridized carbons (Fsp3) is 0.375. The summed E-state index contributed by atoms with van der Waals surface area (Å²) < 4.78 is 24.1. The summed E-state index contributed by atoms with van der Waals surface area (Å²) in [6.45, 7) is 3.44. The number of hydrogen-bond acceptors (Lipinski definition) is 7. The zero-order valence-corrected chi connectivity index (χ0v) is 21.6. The third kappa shape index (κ3) is 6.99. The lowest BCUT2D eigenvalue weighted by atomic mass is 10.0. The van der Waals surface area contributed by atoms with Gasteiger partial charge in [0.25, 0.3) is 0 Å². The lowest BCUT2D eigenvalue weighted by molar-refractivity contribution is -0.142. The Morgan fingerprint density at radius 2 is 1.64 bits per heavy atom. The summed E-state index contributed by atoms with van der Waals surface area (Å²) in [7, 11) is -3.78. The van der Waals surface area contributed by atoms with Gasteiger partial charge in [-0.15, -0.1) is 11.8 Å². The first-order valence-electron chi connectivity index (χ1n) is 11.3. The number of rotatable bonds is 10. The van der Waals surface area contributed by atoms with E-state index >= 15 is 0 Å². The molecule has 1 aliphatic heterocycles. The molecule has 10 nitrogen and oxygen atoms in total. The average Bonchev–Trinajstić information content (AvgIpc) is 3.18. The number of urea groups is 1. The van der Waals surface area contributed by atoms with Crippen LogP contribution in [0, 0.1) is 0 Å². The highest BCUT2D eigenvalue weighted by atomic mass is 32.3. The Hall–Kier alpha value is -3.09. The largest absolute Gasteiger partial charge is 0.480 e. The smallest absolute Gasteiger partial charge is 0.328 e. The van der Waals surface area contributed by atoms with Gasteiger partial charge in [-0.2, -0.15) is 0 Å². The predicted molar refractivity (Wildman–Crippen MR) is 137 cm³/mol. The van der Waals surface area contributed by atoms with E-state index in [9.17, 15) is 27.9 Å². The highest BCUT2D eigenvalue weighted by Crippen LogP contribution is 2.41. The Kier molecular flexibility index (Phi) is 8.98. The molecule has 0 aliphatic carbocycles. The number of carbonyl (C=O) groups is 3. The minimum absolute atomic E-state index is 0.123. The minimum atomic E-state index is -3.78. The highest BCUT2D eigenvalue weighted by Gasteiger charge is 2.50. The van der Waals surface area contributed by atoms with E-state index in [-0.39, 0.29) is 11.4 Å². The van der Waals surface area contributed by atoms with Crippen molar-refractivity contribution in [1.82, 2.24) is 21.3 Å². The van der Waals surface area contributed by atoms with Crippen LogP contribution in [0.2, 0.25) is 0 Å². The molecule has 3 rings (SSSR count). The predicted octanol–water partition coefficient (Wildman–Crippen LogP) is 1.34. The van der Waals surface area contributed by atoms with Crippen LogP contribution < -0.4 is 21.3 Å². The maximum Gasteiger partial charge on any atom is 0.328 e. The number of thioether (sulfide) groups is 1. The van der Waals surface area contributed by atoms with E-state index in [0.717, 1.165) is 17.3 Å². The lowest BCUT2D eigenvalue weighted by Gasteiger charge is -2.25. The van der Waals surface area contributed by atoms with Crippen LogP contribution in [0.3, 0.4) is 0 Å². The molecule has 0 radical (unpaired) electrons. The zero-order chi connectivity index (χ0) is 26.3. The molecular formula is C24H30N4O6S2. The Morgan fingerprint density at radius 1 is 1.03 bits per heavy atom. The van der Waals surface area contributed by atoms with E-state index in [1.165, 1.54) is 12.1 Å². The van der Waals surface area contributed by atoms with E-state index in [1.807, 2.05) is 30.3 Å². The van der Waals surface area contributed by atoms with Crippen LogP contribution >= 0.6 is 11.8 Å². The van der Waals surface area contributed by atoms with Crippen LogP contribution in [0.1, 0.15) is 19.4 Å². The first-order chi connectivity index (χ1) is 17.0. The van der Waals surface area contributed by atoms with E-state index in [1.54, 1.807) is 32.0 Å². The van der Waals surface area contributed by atoms with Crippen molar-refractivity contribution in [1.29, 1.82) is 0 Å². The minimum Gasteiger partial charge on any atom is -0.480 e. The van der Waals surface area contributed by atoms with Gasteiger partial charge >= 0.3 is 12.0 Å². The number of benzene rings is 2. The molecule has 1 aliphatic rings. The number of nitrogens with one attached hydrogen (secondary N) is 4. The molecular weight excluding hydrogens is 504 g/mol. The Labute approximate surface area is 214 Å². The van der Waals surface area contributed by atoms with Crippen LogP contribution in [-0.4, -0.2) is 66.1 Å². The van der Waals surface area contributed by atoms with Gasteiger partial charge in [-0.25, -0.2) is 18.0 Å². The first-order valence-corrected chi connectivity index (χ1v) is 13.7. The molecule has 194 valence electrons. The summed E-state index contributed by atoms with van der Waals surface area (Å²) in [5.41, 5.74) is 1.05. The van der Waals surface area contributed by atoms with Crippen molar-refractivity contribution in [2.75, 3.05) is 13.1 Å². The van der Waals surface area contributed by atoms with Gasteiger partial charge in [0.2, 0.25) is 15.7 Å². The van der Waals surface area contributed by atoms with Crippen molar-refractivity contribution in [2.45, 2.75) is 46.7 Å². The van der Waals surface area contributed by atoms with Crippen molar-refractivity contribution >= 4 is 39.5 Å². The SMILES string of the molecule is CC1(C)SC(S(=O)(=O)c2ccccc2)NC1C(=O)NC(CNC(=O)NCCc1ccccc1)C(=O)O. The molecule has 12 heteroatoms. The normalized spacial score (nSPS) is 19.7. The Bertz CT molecular complexity index is 1180. The van der Waals surface area contributed by atoms with Crippen molar-refractivity contribution in [3.63, 3.8) is 0 Å². The quantitative estimate of drug-likeness (QED) is 0.306. The number of amides is 3. The number of carboxylic acids is 1. The third-order valence-electron chi connectivity index (χ3n) is 5.65. The molecule has 0 spiro atoms. The van der Waals surface area contributed by atoms with E-state index < -0.39 is 49.3 Å². The van der Waals surface area contributed by atoms with Gasteiger partial charge in [-0.1, -0.05) is 48.5 Å². The van der Waals surface area contributed by atoms with Crippen molar-refractivity contribution in [3.8, 4) is 0 Å². The second-order valence-electron chi connectivity index (χ2n) is 8.78. The Balaban J connectivity index is 1.55. The molecule has 5 N–H and O–H groups in total. The molecule has 1 saturated heterocycles. The summed E-state index contributed by atoms with van der Waals surface area (Å²) in [4.78, 5) is 36.9. The van der Waals surface area contributed by atoms with Crippen LogP contribution in [0.5, 0.6) is 0 Å². The van der Waals surface area contributed by atoms with Crippen LogP contribution in [0.15, 0.2) is 65.6 Å². The number of carboxylic acid groups (broad SMARTS) is 1. The van der Waals surface area contributed by atoms with E-state index in [0.29, 0.717) is 13.0 Å². The molecule has 0 saturated carbocycles.